The van der Waals surface area contributed by atoms with Crippen LogP contribution in [0.1, 0.15) is 48.4 Å². The van der Waals surface area contributed by atoms with Crippen LogP contribution >= 0.6 is 0 Å². The molecule has 0 bridgehead atoms. The highest BCUT2D eigenvalue weighted by atomic mass is 15.3. The molecule has 158 valence electrons. The van der Waals surface area contributed by atoms with E-state index >= 15 is 0 Å². The molecule has 1 aliphatic carbocycles. The molecule has 1 aliphatic rings. The Labute approximate surface area is 182 Å². The van der Waals surface area contributed by atoms with Gasteiger partial charge in [0.2, 0.25) is 0 Å². The standard InChI is InChI=1S/C25H28N6/c26-20-10-8-19(9-11-20)23-16-31-25(29-23)22(15-24(27)30-31)28-21-12-6-18(7-13-21)14-17-4-2-1-3-5-17/h1-7,12-13,15-16,19-20,28H,8-11,14,26H2,(H2,27,30). The Morgan fingerprint density at radius 1 is 0.935 bits per heavy atom. The van der Waals surface area contributed by atoms with Gasteiger partial charge in [-0.05, 0) is 55.4 Å². The summed E-state index contributed by atoms with van der Waals surface area (Å²) in [6.45, 7) is 0. The van der Waals surface area contributed by atoms with Gasteiger partial charge < -0.3 is 16.8 Å². The Kier molecular flexibility index (Phi) is 5.30. The topological polar surface area (TPSA) is 94.3 Å². The van der Waals surface area contributed by atoms with Crippen molar-refractivity contribution in [2.45, 2.75) is 44.1 Å². The number of hydrogen-bond donors (Lipinski definition) is 3. The highest BCUT2D eigenvalue weighted by Gasteiger charge is 2.23. The van der Waals surface area contributed by atoms with Crippen molar-refractivity contribution < 1.29 is 0 Å². The summed E-state index contributed by atoms with van der Waals surface area (Å²) in [7, 11) is 0. The summed E-state index contributed by atoms with van der Waals surface area (Å²) in [6, 6.07) is 21.2. The van der Waals surface area contributed by atoms with E-state index < -0.39 is 0 Å². The summed E-state index contributed by atoms with van der Waals surface area (Å²) >= 11 is 0. The number of aromatic nitrogens is 3. The summed E-state index contributed by atoms with van der Waals surface area (Å²) < 4.78 is 1.80. The van der Waals surface area contributed by atoms with E-state index in [1.54, 1.807) is 4.52 Å². The molecule has 4 aromatic rings. The van der Waals surface area contributed by atoms with Crippen LogP contribution in [0.4, 0.5) is 17.2 Å². The maximum absolute atomic E-state index is 6.08. The Morgan fingerprint density at radius 3 is 2.39 bits per heavy atom. The van der Waals surface area contributed by atoms with Crippen molar-refractivity contribution in [3.8, 4) is 0 Å². The third-order valence-electron chi connectivity index (χ3n) is 6.14. The minimum absolute atomic E-state index is 0.323. The first kappa shape index (κ1) is 19.6. The van der Waals surface area contributed by atoms with Gasteiger partial charge in [-0.1, -0.05) is 42.5 Å². The average Bonchev–Trinajstić information content (AvgIpc) is 3.20. The van der Waals surface area contributed by atoms with Crippen LogP contribution in [-0.2, 0) is 6.42 Å². The normalized spacial score (nSPS) is 18.9. The molecule has 2 aromatic carbocycles. The fourth-order valence-electron chi connectivity index (χ4n) is 4.41. The van der Waals surface area contributed by atoms with E-state index in [0.29, 0.717) is 17.8 Å². The van der Waals surface area contributed by atoms with Gasteiger partial charge >= 0.3 is 0 Å². The molecule has 1 fully saturated rings. The third kappa shape index (κ3) is 4.39. The minimum Gasteiger partial charge on any atom is -0.382 e. The number of nitrogens with one attached hydrogen (secondary N) is 1. The lowest BCUT2D eigenvalue weighted by atomic mass is 9.85. The molecule has 6 heteroatoms. The van der Waals surface area contributed by atoms with Crippen molar-refractivity contribution in [3.05, 3.63) is 83.7 Å². The minimum atomic E-state index is 0.323. The number of fused-ring (bicyclic) bond motifs is 1. The van der Waals surface area contributed by atoms with Crippen LogP contribution in [0.3, 0.4) is 0 Å². The smallest absolute Gasteiger partial charge is 0.177 e. The number of hydrogen-bond acceptors (Lipinski definition) is 5. The van der Waals surface area contributed by atoms with E-state index in [9.17, 15) is 0 Å². The summed E-state index contributed by atoms with van der Waals surface area (Å²) in [4.78, 5) is 4.91. The maximum atomic E-state index is 6.08. The fourth-order valence-corrected chi connectivity index (χ4v) is 4.41. The monoisotopic (exact) mass is 412 g/mol. The first-order valence-electron chi connectivity index (χ1n) is 11.0. The van der Waals surface area contributed by atoms with Crippen molar-refractivity contribution in [1.82, 2.24) is 14.6 Å². The van der Waals surface area contributed by atoms with Crippen LogP contribution in [0.15, 0.2) is 66.9 Å². The Balaban J connectivity index is 1.37. The van der Waals surface area contributed by atoms with Crippen LogP contribution in [0.25, 0.3) is 5.65 Å². The first-order chi connectivity index (χ1) is 15.1. The van der Waals surface area contributed by atoms with Gasteiger partial charge in [0, 0.05) is 23.7 Å². The zero-order chi connectivity index (χ0) is 21.2. The fraction of sp³-hybridized carbons (Fsp3) is 0.280. The molecule has 6 nitrogen and oxygen atoms in total. The zero-order valence-electron chi connectivity index (χ0n) is 17.5. The van der Waals surface area contributed by atoms with Gasteiger partial charge in [0.15, 0.2) is 5.65 Å². The Morgan fingerprint density at radius 2 is 1.65 bits per heavy atom. The highest BCUT2D eigenvalue weighted by molar-refractivity contribution is 5.75. The van der Waals surface area contributed by atoms with Crippen LogP contribution < -0.4 is 16.8 Å². The van der Waals surface area contributed by atoms with Crippen molar-refractivity contribution in [3.63, 3.8) is 0 Å². The lowest BCUT2D eigenvalue weighted by Crippen LogP contribution is -2.25. The summed E-state index contributed by atoms with van der Waals surface area (Å²) in [6.07, 6.45) is 7.19. The van der Waals surface area contributed by atoms with E-state index in [-0.39, 0.29) is 0 Å². The molecule has 0 atom stereocenters. The number of imidazole rings is 1. The molecular formula is C25H28N6. The van der Waals surface area contributed by atoms with Gasteiger partial charge in [0.05, 0.1) is 17.6 Å². The van der Waals surface area contributed by atoms with Crippen LogP contribution in [0.5, 0.6) is 0 Å². The molecule has 0 saturated heterocycles. The number of nitrogens with zero attached hydrogens (tertiary/aromatic N) is 3. The number of benzene rings is 2. The quantitative estimate of drug-likeness (QED) is 0.444. The van der Waals surface area contributed by atoms with Crippen molar-refractivity contribution in [2.75, 3.05) is 11.1 Å². The molecule has 2 aromatic heterocycles. The van der Waals surface area contributed by atoms with E-state index in [2.05, 4.69) is 58.9 Å². The van der Waals surface area contributed by atoms with Crippen molar-refractivity contribution >= 4 is 22.8 Å². The second-order valence-electron chi connectivity index (χ2n) is 8.51. The molecule has 2 heterocycles. The predicted octanol–water partition coefficient (Wildman–Crippen LogP) is 4.63. The van der Waals surface area contributed by atoms with E-state index in [1.807, 2.05) is 18.3 Å². The molecule has 0 amide bonds. The summed E-state index contributed by atoms with van der Waals surface area (Å²) in [5, 5.41) is 7.92. The van der Waals surface area contributed by atoms with E-state index in [1.165, 1.54) is 11.1 Å². The van der Waals surface area contributed by atoms with Crippen LogP contribution in [0.2, 0.25) is 0 Å². The van der Waals surface area contributed by atoms with Gasteiger partial charge in [0.1, 0.15) is 5.82 Å². The summed E-state index contributed by atoms with van der Waals surface area (Å²) in [5.74, 6) is 0.901. The SMILES string of the molecule is Nc1cc(Nc2ccc(Cc3ccccc3)cc2)c2nc(C3CCC(N)CC3)cn2n1. The zero-order valence-corrected chi connectivity index (χ0v) is 17.5. The molecule has 31 heavy (non-hydrogen) atoms. The maximum Gasteiger partial charge on any atom is 0.177 e. The number of nitrogen functional groups attached to an aromatic ring is 1. The molecule has 5 rings (SSSR count). The van der Waals surface area contributed by atoms with Crippen LogP contribution in [-0.4, -0.2) is 20.6 Å². The Bertz CT molecular complexity index is 1160. The number of nitrogens with two attached hydrogens (primary N) is 2. The highest BCUT2D eigenvalue weighted by Crippen LogP contribution is 2.33. The number of rotatable bonds is 5. The van der Waals surface area contributed by atoms with E-state index in [4.69, 9.17) is 16.5 Å². The third-order valence-corrected chi connectivity index (χ3v) is 6.14. The largest absolute Gasteiger partial charge is 0.382 e. The molecule has 1 saturated carbocycles. The average molecular weight is 413 g/mol. The van der Waals surface area contributed by atoms with Crippen LogP contribution in [0, 0.1) is 0 Å². The van der Waals surface area contributed by atoms with Gasteiger partial charge in [-0.15, -0.1) is 5.10 Å². The van der Waals surface area contributed by atoms with Gasteiger partial charge in [-0.2, -0.15) is 0 Å². The van der Waals surface area contributed by atoms with Gasteiger partial charge in [0.25, 0.3) is 0 Å². The first-order valence-corrected chi connectivity index (χ1v) is 11.0. The molecule has 0 spiro atoms. The molecule has 0 unspecified atom stereocenters. The summed E-state index contributed by atoms with van der Waals surface area (Å²) in [5.41, 5.74) is 18.5. The predicted molar refractivity (Wildman–Crippen MR) is 126 cm³/mol. The van der Waals surface area contributed by atoms with Gasteiger partial charge in [-0.25, -0.2) is 9.50 Å². The molecule has 0 aliphatic heterocycles. The number of anilines is 3. The lowest BCUT2D eigenvalue weighted by Gasteiger charge is -2.24. The molecular weight excluding hydrogens is 384 g/mol. The Hall–Kier alpha value is -3.38. The van der Waals surface area contributed by atoms with E-state index in [0.717, 1.165) is 54.8 Å². The molecule has 5 N–H and O–H groups in total. The lowest BCUT2D eigenvalue weighted by molar-refractivity contribution is 0.391. The second kappa shape index (κ2) is 8.40. The molecule has 0 radical (unpaired) electrons. The van der Waals surface area contributed by atoms with Crippen molar-refractivity contribution in [1.29, 1.82) is 0 Å². The van der Waals surface area contributed by atoms with Gasteiger partial charge in [-0.3, -0.25) is 0 Å². The second-order valence-corrected chi connectivity index (χ2v) is 8.51. The van der Waals surface area contributed by atoms with Crippen molar-refractivity contribution in [2.24, 2.45) is 5.73 Å².